The summed E-state index contributed by atoms with van der Waals surface area (Å²) in [5.74, 6) is -0.928. The fourth-order valence-electron chi connectivity index (χ4n) is 2.56. The normalized spacial score (nSPS) is 23.6. The maximum atomic E-state index is 11.6. The lowest BCUT2D eigenvalue weighted by Crippen LogP contribution is -2.46. The van der Waals surface area contributed by atoms with E-state index in [1.54, 1.807) is 6.92 Å². The first kappa shape index (κ1) is 16.0. The number of hydrogen-bond donors (Lipinski definition) is 1. The summed E-state index contributed by atoms with van der Waals surface area (Å²) in [5, 5.41) is 8.98. The van der Waals surface area contributed by atoms with Gasteiger partial charge in [-0.3, -0.25) is 9.69 Å². The van der Waals surface area contributed by atoms with Gasteiger partial charge in [0.2, 0.25) is 0 Å². The van der Waals surface area contributed by atoms with Gasteiger partial charge in [-0.1, -0.05) is 24.3 Å². The van der Waals surface area contributed by atoms with Crippen LogP contribution in [0, 0.1) is 0 Å². The molecule has 0 radical (unpaired) electrons. The van der Waals surface area contributed by atoms with Crippen LogP contribution in [0.4, 0.5) is 0 Å². The summed E-state index contributed by atoms with van der Waals surface area (Å²) in [6.45, 7) is 4.84. The lowest BCUT2D eigenvalue weighted by atomic mass is 10.00. The molecule has 0 amide bonds. The molecule has 1 aliphatic rings. The zero-order valence-electron chi connectivity index (χ0n) is 12.3. The Morgan fingerprint density at radius 3 is 2.52 bits per heavy atom. The van der Waals surface area contributed by atoms with Gasteiger partial charge in [0.15, 0.2) is 9.84 Å². The van der Waals surface area contributed by atoms with Crippen molar-refractivity contribution in [3.63, 3.8) is 0 Å². The Hall–Kier alpha value is -1.40. The predicted octanol–water partition coefficient (Wildman–Crippen LogP) is 1.49. The van der Waals surface area contributed by atoms with E-state index in [1.807, 2.05) is 31.2 Å². The van der Waals surface area contributed by atoms with Crippen LogP contribution in [0.3, 0.4) is 0 Å². The maximum absolute atomic E-state index is 11.6. The summed E-state index contributed by atoms with van der Waals surface area (Å²) in [6.07, 6.45) is 0. The van der Waals surface area contributed by atoms with Gasteiger partial charge in [0.25, 0.3) is 0 Å². The van der Waals surface area contributed by atoms with E-state index in [2.05, 4.69) is 4.90 Å². The smallest absolute Gasteiger partial charge is 0.310 e. The number of benzene rings is 1. The van der Waals surface area contributed by atoms with Crippen molar-refractivity contribution in [1.29, 1.82) is 0 Å². The van der Waals surface area contributed by atoms with Crippen molar-refractivity contribution in [3.05, 3.63) is 35.4 Å². The fourth-order valence-corrected chi connectivity index (χ4v) is 4.18. The Labute approximate surface area is 125 Å². The molecule has 1 aromatic rings. The maximum Gasteiger partial charge on any atom is 0.310 e. The van der Waals surface area contributed by atoms with E-state index in [9.17, 15) is 13.2 Å². The van der Waals surface area contributed by atoms with Gasteiger partial charge in [-0.05, 0) is 25.0 Å². The number of rotatable bonds is 4. The highest BCUT2D eigenvalue weighted by Crippen LogP contribution is 2.19. The van der Waals surface area contributed by atoms with Crippen LogP contribution in [-0.2, 0) is 21.2 Å². The molecular weight excluding hydrogens is 290 g/mol. The van der Waals surface area contributed by atoms with E-state index in [1.165, 1.54) is 0 Å². The van der Waals surface area contributed by atoms with E-state index in [-0.39, 0.29) is 17.5 Å². The highest BCUT2D eigenvalue weighted by Gasteiger charge is 2.27. The molecular formula is C15H21NO4S. The summed E-state index contributed by atoms with van der Waals surface area (Å²) in [4.78, 5) is 13.1. The van der Waals surface area contributed by atoms with Crippen molar-refractivity contribution in [2.45, 2.75) is 32.4 Å². The number of sulfone groups is 1. The zero-order chi connectivity index (χ0) is 15.6. The molecule has 2 unspecified atom stereocenters. The highest BCUT2D eigenvalue weighted by molar-refractivity contribution is 7.91. The summed E-state index contributed by atoms with van der Waals surface area (Å²) in [7, 11) is -2.89. The van der Waals surface area contributed by atoms with Crippen LogP contribution in [0.5, 0.6) is 0 Å². The third kappa shape index (κ3) is 4.04. The zero-order valence-corrected chi connectivity index (χ0v) is 13.1. The minimum Gasteiger partial charge on any atom is -0.481 e. The van der Waals surface area contributed by atoms with Gasteiger partial charge in [0.1, 0.15) is 0 Å². The second-order valence-corrected chi connectivity index (χ2v) is 7.96. The number of carboxylic acids is 1. The minimum absolute atomic E-state index is 0.0152. The Morgan fingerprint density at radius 1 is 1.38 bits per heavy atom. The van der Waals surface area contributed by atoms with Gasteiger partial charge in [0.05, 0.1) is 17.4 Å². The largest absolute Gasteiger partial charge is 0.481 e. The Balaban J connectivity index is 2.02. The fraction of sp³-hybridized carbons (Fsp3) is 0.533. The number of carboxylic acid groups (broad SMARTS) is 1. The van der Waals surface area contributed by atoms with Crippen LogP contribution < -0.4 is 0 Å². The minimum atomic E-state index is -2.89. The van der Waals surface area contributed by atoms with E-state index in [0.717, 1.165) is 11.1 Å². The number of nitrogens with zero attached hydrogens (tertiary/aromatic N) is 1. The quantitative estimate of drug-likeness (QED) is 0.912. The molecule has 0 bridgehead atoms. The molecule has 1 heterocycles. The van der Waals surface area contributed by atoms with Crippen molar-refractivity contribution >= 4 is 15.8 Å². The molecule has 21 heavy (non-hydrogen) atoms. The van der Waals surface area contributed by atoms with Crippen molar-refractivity contribution in [2.24, 2.45) is 0 Å². The van der Waals surface area contributed by atoms with Gasteiger partial charge in [-0.2, -0.15) is 0 Å². The molecule has 116 valence electrons. The van der Waals surface area contributed by atoms with E-state index < -0.39 is 21.7 Å². The lowest BCUT2D eigenvalue weighted by molar-refractivity contribution is -0.138. The second-order valence-electron chi connectivity index (χ2n) is 5.74. The first-order chi connectivity index (χ1) is 9.78. The number of aliphatic carboxylic acids is 1. The summed E-state index contributed by atoms with van der Waals surface area (Å²) >= 11 is 0. The summed E-state index contributed by atoms with van der Waals surface area (Å²) in [6, 6.07) is 7.52. The molecule has 2 rings (SSSR count). The van der Waals surface area contributed by atoms with Gasteiger partial charge in [-0.25, -0.2) is 8.42 Å². The molecule has 0 aliphatic carbocycles. The first-order valence-corrected chi connectivity index (χ1v) is 8.87. The Morgan fingerprint density at radius 2 is 2.00 bits per heavy atom. The number of hydrogen-bond acceptors (Lipinski definition) is 4. The molecule has 1 aromatic carbocycles. The van der Waals surface area contributed by atoms with Gasteiger partial charge in [-0.15, -0.1) is 0 Å². The summed E-state index contributed by atoms with van der Waals surface area (Å²) in [5.41, 5.74) is 1.85. The van der Waals surface area contributed by atoms with E-state index in [0.29, 0.717) is 13.1 Å². The molecule has 0 spiro atoms. The molecule has 5 nitrogen and oxygen atoms in total. The molecule has 0 saturated carbocycles. The van der Waals surface area contributed by atoms with Crippen LogP contribution in [0.1, 0.15) is 30.9 Å². The van der Waals surface area contributed by atoms with E-state index >= 15 is 0 Å². The second kappa shape index (κ2) is 6.15. The van der Waals surface area contributed by atoms with E-state index in [4.69, 9.17) is 5.11 Å². The highest BCUT2D eigenvalue weighted by atomic mass is 32.2. The summed E-state index contributed by atoms with van der Waals surface area (Å²) < 4.78 is 23.1. The van der Waals surface area contributed by atoms with Crippen LogP contribution >= 0.6 is 0 Å². The van der Waals surface area contributed by atoms with Crippen LogP contribution in [0.2, 0.25) is 0 Å². The number of carbonyl (C=O) groups is 1. The molecule has 2 atom stereocenters. The Bertz CT molecular complexity index is 609. The predicted molar refractivity (Wildman–Crippen MR) is 81.0 cm³/mol. The molecule has 0 aromatic heterocycles. The van der Waals surface area contributed by atoms with Gasteiger partial charge >= 0.3 is 5.97 Å². The van der Waals surface area contributed by atoms with Crippen LogP contribution in [0.15, 0.2) is 24.3 Å². The van der Waals surface area contributed by atoms with Crippen molar-refractivity contribution in [2.75, 3.05) is 18.1 Å². The molecule has 1 aliphatic heterocycles. The average Bonchev–Trinajstić information content (AvgIpc) is 2.41. The van der Waals surface area contributed by atoms with Gasteiger partial charge in [0, 0.05) is 19.1 Å². The van der Waals surface area contributed by atoms with Crippen LogP contribution in [0.25, 0.3) is 0 Å². The van der Waals surface area contributed by atoms with Crippen molar-refractivity contribution in [3.8, 4) is 0 Å². The lowest BCUT2D eigenvalue weighted by Gasteiger charge is -2.33. The molecule has 1 fully saturated rings. The standard InChI is InChI=1S/C15H21NO4S/c1-11-10-21(19,20)8-7-16(11)9-13-3-5-14(6-4-13)12(2)15(17)18/h3-6,11-12H,7-10H2,1-2H3,(H,17,18). The van der Waals surface area contributed by atoms with Gasteiger partial charge < -0.3 is 5.11 Å². The topological polar surface area (TPSA) is 74.7 Å². The molecule has 6 heteroatoms. The third-order valence-corrected chi connectivity index (χ3v) is 5.84. The third-order valence-electron chi connectivity index (χ3n) is 4.04. The average molecular weight is 311 g/mol. The van der Waals surface area contributed by atoms with Crippen molar-refractivity contribution < 1.29 is 18.3 Å². The van der Waals surface area contributed by atoms with Crippen molar-refractivity contribution in [1.82, 2.24) is 4.90 Å². The van der Waals surface area contributed by atoms with Crippen LogP contribution in [-0.4, -0.2) is 48.5 Å². The first-order valence-electron chi connectivity index (χ1n) is 7.04. The molecule has 1 saturated heterocycles. The molecule has 1 N–H and O–H groups in total. The monoisotopic (exact) mass is 311 g/mol. The Kier molecular flexibility index (Phi) is 4.68. The SMILES string of the molecule is CC(C(=O)O)c1ccc(CN2CCS(=O)(=O)CC2C)cc1.